The van der Waals surface area contributed by atoms with E-state index >= 15 is 0 Å². The van der Waals surface area contributed by atoms with E-state index in [0.29, 0.717) is 22.0 Å². The standard InChI is InChI=1S/C18H14ClN3O3/c1-20-17(23)12-5-3-7-14(9-12)21-18(24)15-10-16(25-22-15)11-4-2-6-13(19)8-11/h2-10H,1H3,(H,20,23)(H,21,24). The van der Waals surface area contributed by atoms with Crippen LogP contribution in [0.4, 0.5) is 5.69 Å². The van der Waals surface area contributed by atoms with Crippen LogP contribution in [0.3, 0.4) is 0 Å². The Morgan fingerprint density at radius 2 is 1.84 bits per heavy atom. The van der Waals surface area contributed by atoms with Crippen molar-refractivity contribution in [2.75, 3.05) is 12.4 Å². The molecule has 126 valence electrons. The summed E-state index contributed by atoms with van der Waals surface area (Å²) in [5.41, 5.74) is 1.78. The first kappa shape index (κ1) is 16.7. The number of rotatable bonds is 4. The largest absolute Gasteiger partial charge is 0.355 e. The fourth-order valence-corrected chi connectivity index (χ4v) is 2.43. The zero-order valence-electron chi connectivity index (χ0n) is 13.2. The van der Waals surface area contributed by atoms with E-state index in [-0.39, 0.29) is 11.6 Å². The van der Waals surface area contributed by atoms with E-state index in [9.17, 15) is 9.59 Å². The lowest BCUT2D eigenvalue weighted by Gasteiger charge is -2.05. The van der Waals surface area contributed by atoms with Gasteiger partial charge in [0.2, 0.25) is 0 Å². The van der Waals surface area contributed by atoms with Crippen molar-refractivity contribution in [3.8, 4) is 11.3 Å². The van der Waals surface area contributed by atoms with Crippen molar-refractivity contribution < 1.29 is 14.1 Å². The molecule has 0 radical (unpaired) electrons. The summed E-state index contributed by atoms with van der Waals surface area (Å²) >= 11 is 5.95. The SMILES string of the molecule is CNC(=O)c1cccc(NC(=O)c2cc(-c3cccc(Cl)c3)on2)c1. The zero-order chi connectivity index (χ0) is 17.8. The third-order valence-electron chi connectivity index (χ3n) is 3.46. The van der Waals surface area contributed by atoms with Crippen LogP contribution < -0.4 is 10.6 Å². The van der Waals surface area contributed by atoms with Crippen molar-refractivity contribution in [1.82, 2.24) is 10.5 Å². The molecule has 1 heterocycles. The highest BCUT2D eigenvalue weighted by atomic mass is 35.5. The molecule has 25 heavy (non-hydrogen) atoms. The molecule has 0 bridgehead atoms. The third kappa shape index (κ3) is 3.87. The van der Waals surface area contributed by atoms with Gasteiger partial charge in [0.05, 0.1) is 0 Å². The molecule has 6 nitrogen and oxygen atoms in total. The summed E-state index contributed by atoms with van der Waals surface area (Å²) in [6.07, 6.45) is 0. The van der Waals surface area contributed by atoms with Crippen molar-refractivity contribution in [1.29, 1.82) is 0 Å². The number of hydrogen-bond donors (Lipinski definition) is 2. The van der Waals surface area contributed by atoms with Crippen LogP contribution in [-0.4, -0.2) is 24.0 Å². The number of halogens is 1. The van der Waals surface area contributed by atoms with Gasteiger partial charge >= 0.3 is 0 Å². The van der Waals surface area contributed by atoms with Crippen LogP contribution in [0, 0.1) is 0 Å². The summed E-state index contributed by atoms with van der Waals surface area (Å²) < 4.78 is 5.21. The predicted octanol–water partition coefficient (Wildman–Crippen LogP) is 3.61. The summed E-state index contributed by atoms with van der Waals surface area (Å²) in [5.74, 6) is -0.237. The molecule has 0 fully saturated rings. The van der Waals surface area contributed by atoms with Crippen LogP contribution in [0.15, 0.2) is 59.1 Å². The highest BCUT2D eigenvalue weighted by Gasteiger charge is 2.15. The molecule has 0 aliphatic carbocycles. The number of amides is 2. The third-order valence-corrected chi connectivity index (χ3v) is 3.70. The Morgan fingerprint density at radius 1 is 1.04 bits per heavy atom. The molecule has 0 aliphatic rings. The van der Waals surface area contributed by atoms with E-state index in [1.165, 1.54) is 6.07 Å². The van der Waals surface area contributed by atoms with E-state index in [2.05, 4.69) is 15.8 Å². The normalized spacial score (nSPS) is 10.3. The topological polar surface area (TPSA) is 84.2 Å². The lowest BCUT2D eigenvalue weighted by Crippen LogP contribution is -2.18. The van der Waals surface area contributed by atoms with Gasteiger partial charge in [-0.25, -0.2) is 0 Å². The Kier molecular flexibility index (Phi) is 4.81. The summed E-state index contributed by atoms with van der Waals surface area (Å²) in [7, 11) is 1.54. The first-order chi connectivity index (χ1) is 12.1. The number of anilines is 1. The molecule has 0 unspecified atom stereocenters. The molecule has 2 N–H and O–H groups in total. The quantitative estimate of drug-likeness (QED) is 0.748. The van der Waals surface area contributed by atoms with Crippen molar-refractivity contribution in [3.63, 3.8) is 0 Å². The Bertz CT molecular complexity index is 937. The lowest BCUT2D eigenvalue weighted by atomic mass is 10.1. The molecular formula is C18H14ClN3O3. The maximum atomic E-state index is 12.3. The number of hydrogen-bond acceptors (Lipinski definition) is 4. The van der Waals surface area contributed by atoms with Gasteiger partial charge in [-0.3, -0.25) is 9.59 Å². The first-order valence-corrected chi connectivity index (χ1v) is 7.81. The van der Waals surface area contributed by atoms with Crippen LogP contribution in [0.25, 0.3) is 11.3 Å². The molecule has 7 heteroatoms. The van der Waals surface area contributed by atoms with Crippen molar-refractivity contribution in [2.45, 2.75) is 0 Å². The Morgan fingerprint density at radius 3 is 2.60 bits per heavy atom. The van der Waals surface area contributed by atoms with Gasteiger partial charge in [-0.2, -0.15) is 0 Å². The number of carbonyl (C=O) groups is 2. The Hall–Kier alpha value is -3.12. The van der Waals surface area contributed by atoms with Gasteiger partial charge in [0.15, 0.2) is 11.5 Å². The van der Waals surface area contributed by atoms with E-state index in [1.807, 2.05) is 0 Å². The predicted molar refractivity (Wildman–Crippen MR) is 94.7 cm³/mol. The second-order valence-corrected chi connectivity index (χ2v) is 5.64. The summed E-state index contributed by atoms with van der Waals surface area (Å²) in [5, 5.41) is 9.56. The van der Waals surface area contributed by atoms with Gasteiger partial charge in [-0.1, -0.05) is 35.0 Å². The Balaban J connectivity index is 1.77. The van der Waals surface area contributed by atoms with Crippen LogP contribution >= 0.6 is 11.6 Å². The number of benzene rings is 2. The molecule has 0 spiro atoms. The molecule has 0 saturated carbocycles. The molecular weight excluding hydrogens is 342 g/mol. The average Bonchev–Trinajstić information content (AvgIpc) is 3.11. The maximum Gasteiger partial charge on any atom is 0.277 e. The molecule has 3 rings (SSSR count). The minimum Gasteiger partial charge on any atom is -0.355 e. The minimum absolute atomic E-state index is 0.125. The number of carbonyl (C=O) groups excluding carboxylic acids is 2. The fourth-order valence-electron chi connectivity index (χ4n) is 2.24. The van der Waals surface area contributed by atoms with Gasteiger partial charge in [0.25, 0.3) is 11.8 Å². The number of nitrogens with one attached hydrogen (secondary N) is 2. The Labute approximate surface area is 148 Å². The number of nitrogens with zero attached hydrogens (tertiary/aromatic N) is 1. The van der Waals surface area contributed by atoms with Gasteiger partial charge in [0.1, 0.15) is 0 Å². The van der Waals surface area contributed by atoms with Gasteiger partial charge < -0.3 is 15.2 Å². The van der Waals surface area contributed by atoms with E-state index in [0.717, 1.165) is 5.56 Å². The molecule has 2 aromatic carbocycles. The van der Waals surface area contributed by atoms with Gasteiger partial charge in [0, 0.05) is 35.0 Å². The molecule has 0 atom stereocenters. The van der Waals surface area contributed by atoms with Crippen molar-refractivity contribution in [3.05, 3.63) is 70.9 Å². The summed E-state index contributed by atoms with van der Waals surface area (Å²) in [6.45, 7) is 0. The van der Waals surface area contributed by atoms with Crippen LogP contribution in [0.1, 0.15) is 20.8 Å². The van der Waals surface area contributed by atoms with E-state index < -0.39 is 5.91 Å². The van der Waals surface area contributed by atoms with E-state index in [4.69, 9.17) is 16.1 Å². The second kappa shape index (κ2) is 7.19. The summed E-state index contributed by atoms with van der Waals surface area (Å²) in [6, 6.07) is 15.2. The van der Waals surface area contributed by atoms with Crippen LogP contribution in [-0.2, 0) is 0 Å². The zero-order valence-corrected chi connectivity index (χ0v) is 14.0. The minimum atomic E-state index is -0.439. The first-order valence-electron chi connectivity index (χ1n) is 7.43. The van der Waals surface area contributed by atoms with Crippen molar-refractivity contribution >= 4 is 29.1 Å². The molecule has 1 aromatic heterocycles. The molecule has 0 aliphatic heterocycles. The highest BCUT2D eigenvalue weighted by Crippen LogP contribution is 2.23. The highest BCUT2D eigenvalue weighted by molar-refractivity contribution is 6.30. The van der Waals surface area contributed by atoms with Crippen LogP contribution in [0.2, 0.25) is 5.02 Å². The monoisotopic (exact) mass is 355 g/mol. The smallest absolute Gasteiger partial charge is 0.277 e. The molecule has 2 amide bonds. The second-order valence-electron chi connectivity index (χ2n) is 5.20. The molecule has 0 saturated heterocycles. The van der Waals surface area contributed by atoms with Crippen LogP contribution in [0.5, 0.6) is 0 Å². The summed E-state index contributed by atoms with van der Waals surface area (Å²) in [4.78, 5) is 24.0. The molecule has 3 aromatic rings. The van der Waals surface area contributed by atoms with Crippen molar-refractivity contribution in [2.24, 2.45) is 0 Å². The fraction of sp³-hybridized carbons (Fsp3) is 0.0556. The van der Waals surface area contributed by atoms with E-state index in [1.54, 1.807) is 55.6 Å². The maximum absolute atomic E-state index is 12.3. The van der Waals surface area contributed by atoms with Gasteiger partial charge in [-0.05, 0) is 30.3 Å². The average molecular weight is 356 g/mol. The van der Waals surface area contributed by atoms with Gasteiger partial charge in [-0.15, -0.1) is 0 Å². The lowest BCUT2D eigenvalue weighted by molar-refractivity contribution is 0.0961. The number of aromatic nitrogens is 1.